The lowest BCUT2D eigenvalue weighted by molar-refractivity contribution is 0.0948. The Morgan fingerprint density at radius 3 is 3.00 bits per heavy atom. The van der Waals surface area contributed by atoms with Gasteiger partial charge in [-0.2, -0.15) is 10.1 Å². The number of rotatable bonds is 4. The summed E-state index contributed by atoms with van der Waals surface area (Å²) in [7, 11) is 0. The van der Waals surface area contributed by atoms with Gasteiger partial charge in [-0.1, -0.05) is 5.16 Å². The third kappa shape index (κ3) is 2.97. The average Bonchev–Trinajstić information content (AvgIpc) is 2.83. The number of nitrogens with zero attached hydrogens (tertiary/aromatic N) is 3. The monoisotopic (exact) mass is 235 g/mol. The Morgan fingerprint density at radius 1 is 1.47 bits per heavy atom. The number of aromatic nitrogens is 4. The molecular weight excluding hydrogens is 226 g/mol. The van der Waals surface area contributed by atoms with Crippen molar-refractivity contribution < 1.29 is 9.32 Å². The van der Waals surface area contributed by atoms with Crippen LogP contribution in [0.25, 0.3) is 0 Å². The maximum atomic E-state index is 11.5. The van der Waals surface area contributed by atoms with Crippen molar-refractivity contribution in [1.29, 1.82) is 0 Å². The van der Waals surface area contributed by atoms with Crippen LogP contribution in [0.3, 0.4) is 0 Å². The van der Waals surface area contributed by atoms with Crippen LogP contribution in [-0.2, 0) is 6.42 Å². The van der Waals surface area contributed by atoms with E-state index in [9.17, 15) is 9.59 Å². The molecule has 2 heterocycles. The minimum Gasteiger partial charge on any atom is -0.350 e. The number of hydrogen-bond donors (Lipinski definition) is 2. The zero-order valence-corrected chi connectivity index (χ0v) is 8.71. The van der Waals surface area contributed by atoms with Gasteiger partial charge in [-0.25, -0.2) is 5.10 Å². The van der Waals surface area contributed by atoms with E-state index < -0.39 is 0 Å². The third-order valence-electron chi connectivity index (χ3n) is 1.95. The smallest absolute Gasteiger partial charge is 0.271 e. The summed E-state index contributed by atoms with van der Waals surface area (Å²) >= 11 is 0. The molecule has 1 amide bonds. The van der Waals surface area contributed by atoms with Crippen LogP contribution in [-0.4, -0.2) is 32.8 Å². The van der Waals surface area contributed by atoms with E-state index in [-0.39, 0.29) is 17.2 Å². The molecule has 17 heavy (non-hydrogen) atoms. The second-order valence-electron chi connectivity index (χ2n) is 3.16. The second-order valence-corrected chi connectivity index (χ2v) is 3.16. The highest BCUT2D eigenvalue weighted by atomic mass is 16.5. The SMILES string of the molecule is O=C(NCCc1ncon1)c1ccc(=O)[nH]n1. The topological polar surface area (TPSA) is 114 Å². The Kier molecular flexibility index (Phi) is 3.24. The molecule has 88 valence electrons. The van der Waals surface area contributed by atoms with Crippen molar-refractivity contribution in [3.8, 4) is 0 Å². The molecule has 2 aromatic heterocycles. The minimum absolute atomic E-state index is 0.151. The molecule has 0 unspecified atom stereocenters. The van der Waals surface area contributed by atoms with Gasteiger partial charge in [-0.3, -0.25) is 9.59 Å². The van der Waals surface area contributed by atoms with Crippen molar-refractivity contribution >= 4 is 5.91 Å². The standard InChI is InChI=1S/C9H9N5O3/c15-8-2-1-6(12-13-8)9(16)10-4-3-7-11-5-17-14-7/h1-2,5H,3-4H2,(H,10,16)(H,13,15). The maximum absolute atomic E-state index is 11.5. The lowest BCUT2D eigenvalue weighted by atomic mass is 10.3. The van der Waals surface area contributed by atoms with Crippen LogP contribution < -0.4 is 10.9 Å². The number of amides is 1. The quantitative estimate of drug-likeness (QED) is 0.711. The first kappa shape index (κ1) is 11.0. The summed E-state index contributed by atoms with van der Waals surface area (Å²) in [4.78, 5) is 26.1. The zero-order valence-electron chi connectivity index (χ0n) is 8.71. The van der Waals surface area contributed by atoms with Crippen LogP contribution in [0.5, 0.6) is 0 Å². The molecular formula is C9H9N5O3. The first-order chi connectivity index (χ1) is 8.25. The molecule has 0 aliphatic heterocycles. The molecule has 0 spiro atoms. The number of carbonyl (C=O) groups is 1. The van der Waals surface area contributed by atoms with Crippen molar-refractivity contribution in [3.63, 3.8) is 0 Å². The van der Waals surface area contributed by atoms with E-state index in [0.717, 1.165) is 0 Å². The highest BCUT2D eigenvalue weighted by Crippen LogP contribution is 1.91. The van der Waals surface area contributed by atoms with Crippen LogP contribution in [0.4, 0.5) is 0 Å². The first-order valence-corrected chi connectivity index (χ1v) is 4.85. The summed E-state index contributed by atoms with van der Waals surface area (Å²) in [6.45, 7) is 0.360. The largest absolute Gasteiger partial charge is 0.350 e. The van der Waals surface area contributed by atoms with Gasteiger partial charge in [0.2, 0.25) is 6.39 Å². The number of aromatic amines is 1. The van der Waals surface area contributed by atoms with Gasteiger partial charge in [-0.15, -0.1) is 0 Å². The molecule has 2 aromatic rings. The third-order valence-corrected chi connectivity index (χ3v) is 1.95. The van der Waals surface area contributed by atoms with Gasteiger partial charge < -0.3 is 9.84 Å². The second kappa shape index (κ2) is 5.01. The van der Waals surface area contributed by atoms with Gasteiger partial charge in [0.05, 0.1) is 0 Å². The highest BCUT2D eigenvalue weighted by Gasteiger charge is 2.07. The molecule has 2 N–H and O–H groups in total. The van der Waals surface area contributed by atoms with E-state index in [1.54, 1.807) is 0 Å². The molecule has 0 aromatic carbocycles. The molecule has 8 nitrogen and oxygen atoms in total. The molecule has 0 bridgehead atoms. The van der Waals surface area contributed by atoms with Crippen LogP contribution >= 0.6 is 0 Å². The fourth-order valence-corrected chi connectivity index (χ4v) is 1.15. The van der Waals surface area contributed by atoms with Gasteiger partial charge >= 0.3 is 0 Å². The van der Waals surface area contributed by atoms with Crippen LogP contribution in [0.1, 0.15) is 16.3 Å². The Balaban J connectivity index is 1.85. The highest BCUT2D eigenvalue weighted by molar-refractivity contribution is 5.91. The van der Waals surface area contributed by atoms with Crippen molar-refractivity contribution in [1.82, 2.24) is 25.7 Å². The maximum Gasteiger partial charge on any atom is 0.271 e. The Bertz CT molecular complexity index is 528. The molecule has 0 saturated carbocycles. The van der Waals surface area contributed by atoms with Crippen LogP contribution in [0.2, 0.25) is 0 Å². The molecule has 0 aliphatic rings. The van der Waals surface area contributed by atoms with E-state index >= 15 is 0 Å². The minimum atomic E-state index is -0.371. The summed E-state index contributed by atoms with van der Waals surface area (Å²) in [6.07, 6.45) is 1.69. The lowest BCUT2D eigenvalue weighted by Gasteiger charge is -2.01. The summed E-state index contributed by atoms with van der Waals surface area (Å²) in [5, 5.41) is 12.0. The van der Waals surface area contributed by atoms with Gasteiger partial charge in [0.25, 0.3) is 11.5 Å². The number of hydrogen-bond acceptors (Lipinski definition) is 6. The summed E-state index contributed by atoms with van der Waals surface area (Å²) in [5.41, 5.74) is -0.203. The Labute approximate surface area is 95.0 Å². The lowest BCUT2D eigenvalue weighted by Crippen LogP contribution is -2.27. The summed E-state index contributed by atoms with van der Waals surface area (Å²) in [5.74, 6) is 0.143. The number of nitrogens with one attached hydrogen (secondary N) is 2. The number of H-pyrrole nitrogens is 1. The Hall–Kier alpha value is -2.51. The van der Waals surface area contributed by atoms with Gasteiger partial charge in [0.15, 0.2) is 5.82 Å². The molecule has 2 rings (SSSR count). The fraction of sp³-hybridized carbons (Fsp3) is 0.222. The molecule has 0 atom stereocenters. The first-order valence-electron chi connectivity index (χ1n) is 4.85. The van der Waals surface area contributed by atoms with Crippen molar-refractivity contribution in [2.75, 3.05) is 6.54 Å². The van der Waals surface area contributed by atoms with E-state index in [2.05, 4.69) is 30.2 Å². The van der Waals surface area contributed by atoms with Gasteiger partial charge in [0, 0.05) is 19.0 Å². The summed E-state index contributed by atoms with van der Waals surface area (Å²) < 4.78 is 4.54. The Morgan fingerprint density at radius 2 is 2.35 bits per heavy atom. The average molecular weight is 235 g/mol. The fourth-order valence-electron chi connectivity index (χ4n) is 1.15. The molecule has 0 aliphatic carbocycles. The normalized spacial score (nSPS) is 10.1. The van der Waals surface area contributed by atoms with E-state index in [4.69, 9.17) is 0 Å². The van der Waals surface area contributed by atoms with Gasteiger partial charge in [-0.05, 0) is 6.07 Å². The molecule has 0 saturated heterocycles. The predicted octanol–water partition coefficient (Wildman–Crippen LogP) is -0.875. The van der Waals surface area contributed by atoms with Crippen molar-refractivity contribution in [2.24, 2.45) is 0 Å². The molecule has 0 radical (unpaired) electrons. The summed E-state index contributed by atoms with van der Waals surface area (Å²) in [6, 6.07) is 2.59. The zero-order chi connectivity index (χ0) is 12.1. The van der Waals surface area contributed by atoms with E-state index in [0.29, 0.717) is 18.8 Å². The van der Waals surface area contributed by atoms with Gasteiger partial charge in [0.1, 0.15) is 5.69 Å². The van der Waals surface area contributed by atoms with Crippen LogP contribution in [0.15, 0.2) is 27.8 Å². The van der Waals surface area contributed by atoms with E-state index in [1.165, 1.54) is 18.5 Å². The van der Waals surface area contributed by atoms with Crippen LogP contribution in [0, 0.1) is 0 Å². The molecule has 8 heteroatoms. The number of carbonyl (C=O) groups excluding carboxylic acids is 1. The predicted molar refractivity (Wildman–Crippen MR) is 55.2 cm³/mol. The van der Waals surface area contributed by atoms with Crippen molar-refractivity contribution in [3.05, 3.63) is 40.4 Å². The van der Waals surface area contributed by atoms with Crippen molar-refractivity contribution in [2.45, 2.75) is 6.42 Å². The molecule has 0 fully saturated rings. The van der Waals surface area contributed by atoms with E-state index in [1.807, 2.05) is 0 Å².